The van der Waals surface area contributed by atoms with Gasteiger partial charge in [0.05, 0.1) is 11.6 Å². The Morgan fingerprint density at radius 1 is 0.683 bits per heavy atom. The molecule has 1 aliphatic carbocycles. The maximum atomic E-state index is 14.7. The lowest BCUT2D eigenvalue weighted by Gasteiger charge is -2.36. The van der Waals surface area contributed by atoms with Gasteiger partial charge in [0.25, 0.3) is 0 Å². The minimum absolute atomic E-state index is 0.134. The van der Waals surface area contributed by atoms with E-state index in [-0.39, 0.29) is 36.5 Å². The fourth-order valence-electron chi connectivity index (χ4n) is 6.38. The van der Waals surface area contributed by atoms with Crippen molar-refractivity contribution in [2.75, 3.05) is 0 Å². The highest BCUT2D eigenvalue weighted by molar-refractivity contribution is 5.78. The van der Waals surface area contributed by atoms with Crippen LogP contribution in [-0.4, -0.2) is 60.0 Å². The predicted molar refractivity (Wildman–Crippen MR) is 155 cm³/mol. The molecule has 210 valence electrons. The van der Waals surface area contributed by atoms with Crippen LogP contribution in [0.1, 0.15) is 34.6 Å². The van der Waals surface area contributed by atoms with Crippen LogP contribution in [0.4, 0.5) is 4.79 Å². The highest BCUT2D eigenvalue weighted by Crippen LogP contribution is 2.60. The van der Waals surface area contributed by atoms with Gasteiger partial charge in [-0.05, 0) is 59.4 Å². The molecule has 2 fully saturated rings. The van der Waals surface area contributed by atoms with Crippen LogP contribution < -0.4 is 0 Å². The molecule has 1 saturated carbocycles. The molecule has 1 spiro atoms. The molecule has 1 aliphatic heterocycles. The summed E-state index contributed by atoms with van der Waals surface area (Å²) in [5, 5.41) is 43.6. The number of aliphatic hydroxyl groups excluding tert-OH is 2. The number of rotatable bonds is 7. The van der Waals surface area contributed by atoms with E-state index >= 15 is 0 Å². The second-order valence-corrected chi connectivity index (χ2v) is 11.2. The third-order valence-corrected chi connectivity index (χ3v) is 8.64. The molecule has 4 aromatic rings. The summed E-state index contributed by atoms with van der Waals surface area (Å²) in [6, 6.07) is 32.0. The minimum atomic E-state index is -1.24. The molecule has 4 N–H and O–H groups in total. The summed E-state index contributed by atoms with van der Waals surface area (Å²) in [6.45, 7) is 0.534. The maximum Gasteiger partial charge on any atom is 0.321 e. The summed E-state index contributed by atoms with van der Waals surface area (Å²) in [5.41, 5.74) is 2.55. The molecule has 0 radical (unpaired) electrons. The highest BCUT2D eigenvalue weighted by Gasteiger charge is 2.68. The van der Waals surface area contributed by atoms with E-state index in [1.807, 2.05) is 72.8 Å². The van der Waals surface area contributed by atoms with Crippen molar-refractivity contribution in [3.63, 3.8) is 0 Å². The summed E-state index contributed by atoms with van der Waals surface area (Å²) >= 11 is 0. The molecule has 7 nitrogen and oxygen atoms in total. The number of hydrogen-bond acceptors (Lipinski definition) is 5. The van der Waals surface area contributed by atoms with Gasteiger partial charge in [0.2, 0.25) is 0 Å². The Balaban J connectivity index is 1.45. The summed E-state index contributed by atoms with van der Waals surface area (Å²) < 4.78 is 0. The molecular weight excluding hydrogens is 516 g/mol. The Labute approximate surface area is 239 Å². The number of nitrogens with zero attached hydrogens (tertiary/aromatic N) is 2. The van der Waals surface area contributed by atoms with Gasteiger partial charge < -0.3 is 30.2 Å². The molecule has 0 aromatic heterocycles. The first-order valence-electron chi connectivity index (χ1n) is 14.0. The Bertz CT molecular complexity index is 1480. The first kappa shape index (κ1) is 26.9. The number of aliphatic hydroxyl groups is 2. The van der Waals surface area contributed by atoms with E-state index in [1.54, 1.807) is 46.2 Å². The van der Waals surface area contributed by atoms with Crippen molar-refractivity contribution in [1.82, 2.24) is 9.80 Å². The van der Waals surface area contributed by atoms with Gasteiger partial charge in [0.15, 0.2) is 0 Å². The van der Waals surface area contributed by atoms with Crippen LogP contribution in [0.2, 0.25) is 0 Å². The lowest BCUT2D eigenvalue weighted by molar-refractivity contribution is -0.0502. The van der Waals surface area contributed by atoms with Gasteiger partial charge in [-0.1, -0.05) is 84.9 Å². The number of urea groups is 1. The van der Waals surface area contributed by atoms with Crippen LogP contribution in [0.25, 0.3) is 0 Å². The Morgan fingerprint density at radius 2 is 1.22 bits per heavy atom. The molecular formula is C34H34N2O5. The molecule has 4 aromatic carbocycles. The van der Waals surface area contributed by atoms with E-state index in [9.17, 15) is 25.2 Å². The van der Waals surface area contributed by atoms with Crippen molar-refractivity contribution in [3.8, 4) is 11.5 Å². The average molecular weight is 551 g/mol. The predicted octanol–water partition coefficient (Wildman–Crippen LogP) is 4.80. The summed E-state index contributed by atoms with van der Waals surface area (Å²) in [6.07, 6.45) is -1.67. The van der Waals surface area contributed by atoms with Crippen LogP contribution in [0.5, 0.6) is 11.5 Å². The quantitative estimate of drug-likeness (QED) is 0.265. The van der Waals surface area contributed by atoms with E-state index < -0.39 is 23.8 Å². The summed E-state index contributed by atoms with van der Waals surface area (Å²) in [7, 11) is 0. The standard InChI is InChI=1S/C34H34N2O5/c37-27-15-11-23(12-16-27)19-30-31(39)32(40)34(20-29(34)26-13-17-28(38)18-14-26)36(22-25-9-5-2-6-10-25)33(41)35(30)21-24-7-3-1-4-8-24/h1-18,29-32,37-40H,19-22H2/t29?,30-,31+,32-,34?/m1/s1. The zero-order valence-electron chi connectivity index (χ0n) is 22.6. The average Bonchev–Trinajstić information content (AvgIpc) is 3.75. The first-order valence-corrected chi connectivity index (χ1v) is 14.0. The van der Waals surface area contributed by atoms with E-state index in [1.165, 1.54) is 0 Å². The molecule has 41 heavy (non-hydrogen) atoms. The van der Waals surface area contributed by atoms with Crippen LogP contribution in [0, 0.1) is 0 Å². The molecule has 7 heteroatoms. The minimum Gasteiger partial charge on any atom is -0.508 e. The van der Waals surface area contributed by atoms with Crippen LogP contribution in [0.15, 0.2) is 109 Å². The van der Waals surface area contributed by atoms with Gasteiger partial charge in [0, 0.05) is 19.0 Å². The number of benzene rings is 4. The normalized spacial score (nSPS) is 25.8. The Morgan fingerprint density at radius 3 is 1.80 bits per heavy atom. The third kappa shape index (κ3) is 5.14. The van der Waals surface area contributed by atoms with Gasteiger partial charge in [0.1, 0.15) is 23.7 Å². The van der Waals surface area contributed by atoms with Gasteiger partial charge in [-0.25, -0.2) is 4.79 Å². The summed E-state index contributed by atoms with van der Waals surface area (Å²) in [4.78, 5) is 18.2. The molecule has 2 aliphatic rings. The van der Waals surface area contributed by atoms with Crippen molar-refractivity contribution in [3.05, 3.63) is 131 Å². The lowest BCUT2D eigenvalue weighted by Crippen LogP contribution is -2.52. The van der Waals surface area contributed by atoms with E-state index in [0.29, 0.717) is 12.8 Å². The number of amides is 2. The van der Waals surface area contributed by atoms with Crippen molar-refractivity contribution < 1.29 is 25.2 Å². The largest absolute Gasteiger partial charge is 0.508 e. The number of carbonyl (C=O) groups is 1. The molecule has 6 rings (SSSR count). The Kier molecular flexibility index (Phi) is 7.15. The number of aromatic hydroxyl groups is 2. The molecule has 0 bridgehead atoms. The van der Waals surface area contributed by atoms with Crippen molar-refractivity contribution in [2.24, 2.45) is 0 Å². The van der Waals surface area contributed by atoms with Crippen LogP contribution >= 0.6 is 0 Å². The Hall–Kier alpha value is -4.33. The van der Waals surface area contributed by atoms with Crippen molar-refractivity contribution in [2.45, 2.75) is 55.6 Å². The van der Waals surface area contributed by atoms with Crippen LogP contribution in [0.3, 0.4) is 0 Å². The fourth-order valence-corrected chi connectivity index (χ4v) is 6.38. The highest BCUT2D eigenvalue weighted by atomic mass is 16.3. The van der Waals surface area contributed by atoms with Crippen molar-refractivity contribution >= 4 is 6.03 Å². The van der Waals surface area contributed by atoms with E-state index in [4.69, 9.17) is 0 Å². The number of hydrogen-bond donors (Lipinski definition) is 4. The fraction of sp³-hybridized carbons (Fsp3) is 0.265. The first-order chi connectivity index (χ1) is 19.9. The number of carbonyl (C=O) groups excluding carboxylic acids is 1. The second kappa shape index (κ2) is 10.9. The topological polar surface area (TPSA) is 104 Å². The van der Waals surface area contributed by atoms with Gasteiger partial charge in [-0.3, -0.25) is 0 Å². The monoisotopic (exact) mass is 550 g/mol. The SMILES string of the molecule is O=C1N(Cc2ccccc2)[C@H](Cc2ccc(O)cc2)[C@H](O)[C@@H](O)C2(CC2c2ccc(O)cc2)N1Cc1ccccc1. The molecule has 2 unspecified atom stereocenters. The van der Waals surface area contributed by atoms with Gasteiger partial charge in [-0.2, -0.15) is 0 Å². The lowest BCUT2D eigenvalue weighted by atomic mass is 9.90. The molecule has 2 amide bonds. The molecule has 1 saturated heterocycles. The zero-order chi connectivity index (χ0) is 28.6. The second-order valence-electron chi connectivity index (χ2n) is 11.2. The van der Waals surface area contributed by atoms with Crippen LogP contribution in [-0.2, 0) is 19.5 Å². The smallest absolute Gasteiger partial charge is 0.321 e. The van der Waals surface area contributed by atoms with Crippen molar-refractivity contribution in [1.29, 1.82) is 0 Å². The summed E-state index contributed by atoms with van der Waals surface area (Å²) in [5.74, 6) is 0.0617. The molecule has 1 heterocycles. The van der Waals surface area contributed by atoms with Gasteiger partial charge in [-0.15, -0.1) is 0 Å². The maximum absolute atomic E-state index is 14.7. The third-order valence-electron chi connectivity index (χ3n) is 8.64. The van der Waals surface area contributed by atoms with E-state index in [2.05, 4.69) is 0 Å². The number of phenolic OH excluding ortho intramolecular Hbond substituents is 2. The number of phenols is 2. The van der Waals surface area contributed by atoms with E-state index in [0.717, 1.165) is 22.3 Å². The van der Waals surface area contributed by atoms with Gasteiger partial charge >= 0.3 is 6.03 Å². The zero-order valence-corrected chi connectivity index (χ0v) is 22.6. The molecule has 5 atom stereocenters.